The zero-order valence-electron chi connectivity index (χ0n) is 13.3. The maximum atomic E-state index is 2.44. The molecule has 0 nitrogen and oxygen atoms in total. The zero-order chi connectivity index (χ0) is 13.9. The molecule has 0 aromatic heterocycles. The highest BCUT2D eigenvalue weighted by atomic mass is 14.2. The van der Waals surface area contributed by atoms with Crippen molar-refractivity contribution in [3.8, 4) is 0 Å². The fourth-order valence-corrected chi connectivity index (χ4v) is 2.54. The van der Waals surface area contributed by atoms with E-state index in [-0.39, 0.29) is 5.41 Å². The van der Waals surface area contributed by atoms with Crippen LogP contribution in [0.3, 0.4) is 0 Å². The van der Waals surface area contributed by atoms with Crippen molar-refractivity contribution in [1.29, 1.82) is 0 Å². The minimum absolute atomic E-state index is 0.247. The Morgan fingerprint density at radius 3 is 1.89 bits per heavy atom. The van der Waals surface area contributed by atoms with E-state index in [4.69, 9.17) is 0 Å². The third kappa shape index (κ3) is 4.48. The van der Waals surface area contributed by atoms with Crippen LogP contribution in [0, 0.1) is 11.8 Å². The second-order valence-corrected chi connectivity index (χ2v) is 7.44. The number of hydrogen-bond donors (Lipinski definition) is 0. The van der Waals surface area contributed by atoms with Crippen LogP contribution < -0.4 is 0 Å². The van der Waals surface area contributed by atoms with Crippen LogP contribution in [0.2, 0.25) is 0 Å². The standard InChI is InChI=1S/C18H30/c1-13(2)10-15-8-9-16(11-14(3)4)17(12-15)18(5,6)7/h8-9,12-14H,10-11H2,1-7H3. The fourth-order valence-electron chi connectivity index (χ4n) is 2.54. The van der Waals surface area contributed by atoms with Crippen molar-refractivity contribution in [3.63, 3.8) is 0 Å². The Labute approximate surface area is 114 Å². The summed E-state index contributed by atoms with van der Waals surface area (Å²) in [5.41, 5.74) is 4.80. The van der Waals surface area contributed by atoms with Gasteiger partial charge in [0.15, 0.2) is 0 Å². The Balaban J connectivity index is 3.12. The molecular weight excluding hydrogens is 216 g/mol. The van der Waals surface area contributed by atoms with Crippen molar-refractivity contribution in [3.05, 3.63) is 34.9 Å². The lowest BCUT2D eigenvalue weighted by molar-refractivity contribution is 0.563. The fraction of sp³-hybridized carbons (Fsp3) is 0.667. The van der Waals surface area contributed by atoms with Crippen LogP contribution in [-0.2, 0) is 18.3 Å². The predicted octanol–water partition coefficient (Wildman–Crippen LogP) is 5.38. The second-order valence-electron chi connectivity index (χ2n) is 7.44. The summed E-state index contributed by atoms with van der Waals surface area (Å²) in [5.74, 6) is 1.45. The van der Waals surface area contributed by atoms with Crippen LogP contribution >= 0.6 is 0 Å². The molecule has 0 unspecified atom stereocenters. The van der Waals surface area contributed by atoms with Crippen LogP contribution in [-0.4, -0.2) is 0 Å². The summed E-state index contributed by atoms with van der Waals surface area (Å²) in [7, 11) is 0. The monoisotopic (exact) mass is 246 g/mol. The van der Waals surface area contributed by atoms with Gasteiger partial charge in [0, 0.05) is 0 Å². The average Bonchev–Trinajstić information content (AvgIpc) is 2.17. The van der Waals surface area contributed by atoms with Crippen LogP contribution in [0.15, 0.2) is 18.2 Å². The third-order valence-corrected chi connectivity index (χ3v) is 3.25. The maximum Gasteiger partial charge on any atom is -0.0129 e. The lowest BCUT2D eigenvalue weighted by Gasteiger charge is -2.25. The molecule has 18 heavy (non-hydrogen) atoms. The molecule has 0 aliphatic heterocycles. The lowest BCUT2D eigenvalue weighted by atomic mass is 9.80. The Morgan fingerprint density at radius 2 is 1.44 bits per heavy atom. The molecule has 1 rings (SSSR count). The highest BCUT2D eigenvalue weighted by Crippen LogP contribution is 2.29. The van der Waals surface area contributed by atoms with Gasteiger partial charge in [0.25, 0.3) is 0 Å². The first-order valence-corrected chi connectivity index (χ1v) is 7.32. The molecule has 0 N–H and O–H groups in total. The number of rotatable bonds is 4. The Hall–Kier alpha value is -0.780. The molecule has 0 radical (unpaired) electrons. The molecule has 0 spiro atoms. The van der Waals surface area contributed by atoms with E-state index < -0.39 is 0 Å². The summed E-state index contributed by atoms with van der Waals surface area (Å²) >= 11 is 0. The Kier molecular flexibility index (Phi) is 5.01. The van der Waals surface area contributed by atoms with E-state index in [1.807, 2.05) is 0 Å². The van der Waals surface area contributed by atoms with Gasteiger partial charge in [0.05, 0.1) is 0 Å². The first-order chi connectivity index (χ1) is 8.20. The zero-order valence-corrected chi connectivity index (χ0v) is 13.3. The van der Waals surface area contributed by atoms with E-state index in [0.29, 0.717) is 0 Å². The minimum Gasteiger partial charge on any atom is -0.0625 e. The number of benzene rings is 1. The summed E-state index contributed by atoms with van der Waals surface area (Å²) in [4.78, 5) is 0. The van der Waals surface area contributed by atoms with Gasteiger partial charge < -0.3 is 0 Å². The van der Waals surface area contributed by atoms with Crippen molar-refractivity contribution in [1.82, 2.24) is 0 Å². The molecule has 0 aliphatic carbocycles. The topological polar surface area (TPSA) is 0 Å². The second kappa shape index (κ2) is 5.91. The van der Waals surface area contributed by atoms with Crippen molar-refractivity contribution < 1.29 is 0 Å². The van der Waals surface area contributed by atoms with Crippen LogP contribution in [0.4, 0.5) is 0 Å². The first kappa shape index (κ1) is 15.3. The van der Waals surface area contributed by atoms with Gasteiger partial charge in [0.1, 0.15) is 0 Å². The largest absolute Gasteiger partial charge is 0.0625 e. The molecule has 102 valence electrons. The number of hydrogen-bond acceptors (Lipinski definition) is 0. The van der Waals surface area contributed by atoms with Crippen molar-refractivity contribution in [2.45, 2.75) is 66.7 Å². The lowest BCUT2D eigenvalue weighted by Crippen LogP contribution is -2.16. The van der Waals surface area contributed by atoms with Crippen LogP contribution in [0.5, 0.6) is 0 Å². The molecule has 0 atom stereocenters. The molecule has 0 fully saturated rings. The Morgan fingerprint density at radius 1 is 0.889 bits per heavy atom. The van der Waals surface area contributed by atoms with E-state index in [1.54, 1.807) is 0 Å². The van der Waals surface area contributed by atoms with Crippen molar-refractivity contribution >= 4 is 0 Å². The summed E-state index contributed by atoms with van der Waals surface area (Å²) in [6.45, 7) is 16.2. The van der Waals surface area contributed by atoms with E-state index in [9.17, 15) is 0 Å². The van der Waals surface area contributed by atoms with Gasteiger partial charge in [-0.25, -0.2) is 0 Å². The van der Waals surface area contributed by atoms with E-state index in [1.165, 1.54) is 29.5 Å². The normalized spacial score (nSPS) is 12.5. The SMILES string of the molecule is CC(C)Cc1ccc(CC(C)C)c(C(C)(C)C)c1. The molecule has 0 saturated heterocycles. The van der Waals surface area contributed by atoms with Gasteiger partial charge in [-0.3, -0.25) is 0 Å². The Bertz CT molecular complexity index is 378. The molecule has 0 saturated carbocycles. The third-order valence-electron chi connectivity index (χ3n) is 3.25. The maximum absolute atomic E-state index is 2.44. The van der Waals surface area contributed by atoms with Gasteiger partial charge in [-0.1, -0.05) is 66.7 Å². The van der Waals surface area contributed by atoms with Gasteiger partial charge in [-0.15, -0.1) is 0 Å². The molecular formula is C18H30. The predicted molar refractivity (Wildman–Crippen MR) is 82.2 cm³/mol. The summed E-state index contributed by atoms with van der Waals surface area (Å²) < 4.78 is 0. The van der Waals surface area contributed by atoms with Crippen LogP contribution in [0.25, 0.3) is 0 Å². The van der Waals surface area contributed by atoms with Gasteiger partial charge in [0.2, 0.25) is 0 Å². The smallest absolute Gasteiger partial charge is 0.0129 e. The van der Waals surface area contributed by atoms with Crippen molar-refractivity contribution in [2.24, 2.45) is 11.8 Å². The van der Waals surface area contributed by atoms with Crippen molar-refractivity contribution in [2.75, 3.05) is 0 Å². The molecule has 1 aromatic rings. The molecule has 1 aromatic carbocycles. The molecule has 0 heterocycles. The van der Waals surface area contributed by atoms with Gasteiger partial charge in [-0.05, 0) is 46.8 Å². The molecule has 0 bridgehead atoms. The van der Waals surface area contributed by atoms with Gasteiger partial charge in [-0.2, -0.15) is 0 Å². The van der Waals surface area contributed by atoms with E-state index in [2.05, 4.69) is 66.7 Å². The summed E-state index contributed by atoms with van der Waals surface area (Å²) in [5, 5.41) is 0. The highest BCUT2D eigenvalue weighted by Gasteiger charge is 2.19. The summed E-state index contributed by atoms with van der Waals surface area (Å²) in [6, 6.07) is 7.13. The molecule has 0 amide bonds. The first-order valence-electron chi connectivity index (χ1n) is 7.32. The molecule has 0 aliphatic rings. The molecule has 0 heteroatoms. The summed E-state index contributed by atoms with van der Waals surface area (Å²) in [6.07, 6.45) is 2.37. The quantitative estimate of drug-likeness (QED) is 0.669. The van der Waals surface area contributed by atoms with Gasteiger partial charge >= 0.3 is 0 Å². The highest BCUT2D eigenvalue weighted by molar-refractivity contribution is 5.37. The minimum atomic E-state index is 0.247. The van der Waals surface area contributed by atoms with E-state index in [0.717, 1.165) is 11.8 Å². The van der Waals surface area contributed by atoms with Crippen LogP contribution in [0.1, 0.15) is 65.2 Å². The average molecular weight is 246 g/mol. The van der Waals surface area contributed by atoms with E-state index >= 15 is 0 Å².